The minimum absolute atomic E-state index is 0.237. The van der Waals surface area contributed by atoms with E-state index in [1.807, 2.05) is 39.0 Å². The van der Waals surface area contributed by atoms with Crippen LogP contribution in [0.4, 0.5) is 5.69 Å². The average molecular weight is 474 g/mol. The first-order valence-electron chi connectivity index (χ1n) is 11.1. The molecule has 1 N–H and O–H groups in total. The SMILES string of the molecule is COc1c(/C(C)=C/C(=O)Nc2ccc(C)c(Cl)c2)cc2c(-c3ccc(C)cc3C)coc2c1C. The number of aryl methyl sites for hydroxylation is 4. The van der Waals surface area contributed by atoms with Crippen LogP contribution in [0.25, 0.3) is 27.7 Å². The van der Waals surface area contributed by atoms with Gasteiger partial charge in [0.2, 0.25) is 5.91 Å². The van der Waals surface area contributed by atoms with Crippen LogP contribution >= 0.6 is 11.6 Å². The molecule has 0 fully saturated rings. The van der Waals surface area contributed by atoms with Crippen LogP contribution in [0.5, 0.6) is 5.75 Å². The minimum Gasteiger partial charge on any atom is -0.496 e. The lowest BCUT2D eigenvalue weighted by molar-refractivity contribution is -0.111. The molecule has 3 aromatic carbocycles. The Labute approximate surface area is 205 Å². The van der Waals surface area contributed by atoms with Crippen molar-refractivity contribution in [3.8, 4) is 16.9 Å². The first-order valence-corrected chi connectivity index (χ1v) is 11.5. The lowest BCUT2D eigenvalue weighted by Gasteiger charge is -2.14. The van der Waals surface area contributed by atoms with Crippen molar-refractivity contribution in [1.29, 1.82) is 0 Å². The number of anilines is 1. The van der Waals surface area contributed by atoms with Crippen LogP contribution in [0.1, 0.15) is 34.7 Å². The third-order valence-corrected chi connectivity index (χ3v) is 6.54. The van der Waals surface area contributed by atoms with E-state index < -0.39 is 0 Å². The minimum atomic E-state index is -0.237. The number of methoxy groups -OCH3 is 1. The van der Waals surface area contributed by atoms with Crippen molar-refractivity contribution in [2.75, 3.05) is 12.4 Å². The number of ether oxygens (including phenoxy) is 1. The van der Waals surface area contributed by atoms with Gasteiger partial charge in [-0.2, -0.15) is 0 Å². The Morgan fingerprint density at radius 3 is 2.44 bits per heavy atom. The van der Waals surface area contributed by atoms with Gasteiger partial charge in [-0.25, -0.2) is 0 Å². The summed E-state index contributed by atoms with van der Waals surface area (Å²) in [5.74, 6) is 0.452. The van der Waals surface area contributed by atoms with E-state index in [2.05, 4.69) is 37.4 Å². The van der Waals surface area contributed by atoms with Crippen molar-refractivity contribution in [3.05, 3.63) is 87.6 Å². The molecule has 4 aromatic rings. The molecule has 0 aliphatic rings. The van der Waals surface area contributed by atoms with Crippen molar-refractivity contribution >= 4 is 39.7 Å². The van der Waals surface area contributed by atoms with Gasteiger partial charge in [-0.05, 0) is 75.1 Å². The molecule has 0 radical (unpaired) electrons. The number of allylic oxidation sites excluding steroid dienone is 1. The second kappa shape index (κ2) is 9.40. The summed E-state index contributed by atoms with van der Waals surface area (Å²) in [4.78, 5) is 12.8. The van der Waals surface area contributed by atoms with E-state index in [0.717, 1.165) is 44.4 Å². The Morgan fingerprint density at radius 2 is 1.76 bits per heavy atom. The van der Waals surface area contributed by atoms with Crippen molar-refractivity contribution < 1.29 is 13.9 Å². The largest absolute Gasteiger partial charge is 0.496 e. The topological polar surface area (TPSA) is 51.5 Å². The Kier molecular flexibility index (Phi) is 6.54. The number of furan rings is 1. The van der Waals surface area contributed by atoms with E-state index in [0.29, 0.717) is 16.5 Å². The lowest BCUT2D eigenvalue weighted by atomic mass is 9.94. The van der Waals surface area contributed by atoms with Crippen LogP contribution in [0.2, 0.25) is 5.02 Å². The third kappa shape index (κ3) is 4.46. The highest BCUT2D eigenvalue weighted by atomic mass is 35.5. The first-order chi connectivity index (χ1) is 16.2. The monoisotopic (exact) mass is 473 g/mol. The fourth-order valence-electron chi connectivity index (χ4n) is 4.32. The zero-order valence-corrected chi connectivity index (χ0v) is 21.1. The maximum atomic E-state index is 12.8. The predicted octanol–water partition coefficient (Wildman–Crippen LogP) is 8.04. The molecule has 34 heavy (non-hydrogen) atoms. The molecule has 0 atom stereocenters. The molecule has 1 aromatic heterocycles. The number of rotatable bonds is 5. The van der Waals surface area contributed by atoms with Gasteiger partial charge in [0.15, 0.2) is 0 Å². The number of hydrogen-bond acceptors (Lipinski definition) is 3. The van der Waals surface area contributed by atoms with E-state index >= 15 is 0 Å². The molecular formula is C29H28ClNO3. The molecule has 0 saturated heterocycles. The van der Waals surface area contributed by atoms with Crippen LogP contribution in [0.3, 0.4) is 0 Å². The molecule has 1 amide bonds. The molecule has 4 nitrogen and oxygen atoms in total. The molecule has 0 unspecified atom stereocenters. The van der Waals surface area contributed by atoms with Gasteiger partial charge in [0.05, 0.1) is 13.4 Å². The van der Waals surface area contributed by atoms with E-state index in [1.54, 1.807) is 25.5 Å². The number of carbonyl (C=O) groups excluding carboxylic acids is 1. The quantitative estimate of drug-likeness (QED) is 0.298. The maximum absolute atomic E-state index is 12.8. The van der Waals surface area contributed by atoms with Crippen LogP contribution in [-0.2, 0) is 4.79 Å². The summed E-state index contributed by atoms with van der Waals surface area (Å²) in [7, 11) is 1.63. The first kappa shape index (κ1) is 23.7. The third-order valence-electron chi connectivity index (χ3n) is 6.13. The van der Waals surface area contributed by atoms with E-state index in [4.69, 9.17) is 20.8 Å². The van der Waals surface area contributed by atoms with Gasteiger partial charge >= 0.3 is 0 Å². The number of amides is 1. The summed E-state index contributed by atoms with van der Waals surface area (Å²) >= 11 is 6.19. The van der Waals surface area contributed by atoms with Gasteiger partial charge in [-0.1, -0.05) is 41.4 Å². The second-order valence-electron chi connectivity index (χ2n) is 8.71. The van der Waals surface area contributed by atoms with Crippen molar-refractivity contribution in [2.24, 2.45) is 0 Å². The molecule has 0 saturated carbocycles. The zero-order chi connectivity index (χ0) is 24.6. The maximum Gasteiger partial charge on any atom is 0.248 e. The van der Waals surface area contributed by atoms with Crippen molar-refractivity contribution in [1.82, 2.24) is 0 Å². The number of fused-ring (bicyclic) bond motifs is 1. The highest BCUT2D eigenvalue weighted by Crippen LogP contribution is 2.41. The highest BCUT2D eigenvalue weighted by Gasteiger charge is 2.19. The smallest absolute Gasteiger partial charge is 0.248 e. The number of benzene rings is 3. The van der Waals surface area contributed by atoms with E-state index in [9.17, 15) is 4.79 Å². The molecule has 4 rings (SSSR count). The summed E-state index contributed by atoms with van der Waals surface area (Å²) in [6.45, 7) is 9.99. The van der Waals surface area contributed by atoms with Gasteiger partial charge in [0.25, 0.3) is 0 Å². The van der Waals surface area contributed by atoms with Crippen LogP contribution in [0, 0.1) is 27.7 Å². The summed E-state index contributed by atoms with van der Waals surface area (Å²) < 4.78 is 11.7. The molecule has 174 valence electrons. The molecule has 0 aliphatic carbocycles. The fraction of sp³-hybridized carbons (Fsp3) is 0.207. The van der Waals surface area contributed by atoms with Gasteiger partial charge in [0, 0.05) is 38.9 Å². The van der Waals surface area contributed by atoms with Gasteiger partial charge < -0.3 is 14.5 Å². The number of carbonyl (C=O) groups is 1. The van der Waals surface area contributed by atoms with Gasteiger partial charge in [-0.3, -0.25) is 4.79 Å². The standard InChI is InChI=1S/C29H28ClNO3/c1-16-7-10-22(18(3)11-16)25-15-34-29-20(5)28(33-6)23(14-24(25)29)19(4)12-27(32)31-21-9-8-17(2)26(30)13-21/h7-15H,1-6H3,(H,31,32)/b19-12+. The molecular weight excluding hydrogens is 446 g/mol. The average Bonchev–Trinajstić information content (AvgIpc) is 3.20. The van der Waals surface area contributed by atoms with E-state index in [-0.39, 0.29) is 5.91 Å². The van der Waals surface area contributed by atoms with Gasteiger partial charge in [-0.15, -0.1) is 0 Å². The summed E-state index contributed by atoms with van der Waals surface area (Å²) in [6, 6.07) is 13.9. The summed E-state index contributed by atoms with van der Waals surface area (Å²) in [5, 5.41) is 4.48. The van der Waals surface area contributed by atoms with Crippen LogP contribution in [0.15, 0.2) is 59.2 Å². The molecule has 0 spiro atoms. The van der Waals surface area contributed by atoms with Crippen LogP contribution < -0.4 is 10.1 Å². The molecule has 0 bridgehead atoms. The second-order valence-corrected chi connectivity index (χ2v) is 9.11. The van der Waals surface area contributed by atoms with E-state index in [1.165, 1.54) is 11.1 Å². The fourth-order valence-corrected chi connectivity index (χ4v) is 4.50. The highest BCUT2D eigenvalue weighted by molar-refractivity contribution is 6.31. The summed E-state index contributed by atoms with van der Waals surface area (Å²) in [6.07, 6.45) is 3.37. The Bertz CT molecular complexity index is 1450. The number of halogens is 1. The Balaban J connectivity index is 1.77. The zero-order valence-electron chi connectivity index (χ0n) is 20.3. The normalized spacial score (nSPS) is 11.7. The lowest BCUT2D eigenvalue weighted by Crippen LogP contribution is -2.09. The van der Waals surface area contributed by atoms with Crippen LogP contribution in [-0.4, -0.2) is 13.0 Å². The number of hydrogen-bond donors (Lipinski definition) is 1. The molecule has 5 heteroatoms. The predicted molar refractivity (Wildman–Crippen MR) is 141 cm³/mol. The van der Waals surface area contributed by atoms with Crippen molar-refractivity contribution in [3.63, 3.8) is 0 Å². The number of nitrogens with one attached hydrogen (secondary N) is 1. The Hall–Kier alpha value is -3.50. The molecule has 0 aliphatic heterocycles. The Morgan fingerprint density at radius 1 is 1.00 bits per heavy atom. The van der Waals surface area contributed by atoms with Gasteiger partial charge in [0.1, 0.15) is 11.3 Å². The molecule has 1 heterocycles. The summed E-state index contributed by atoms with van der Waals surface area (Å²) in [5.41, 5.74) is 9.44. The van der Waals surface area contributed by atoms with Crippen molar-refractivity contribution in [2.45, 2.75) is 34.6 Å².